The lowest BCUT2D eigenvalue weighted by Crippen LogP contribution is -2.04. The van der Waals surface area contributed by atoms with Crippen LogP contribution in [0, 0.1) is 0 Å². The van der Waals surface area contributed by atoms with Crippen molar-refractivity contribution in [1.82, 2.24) is 0 Å². The van der Waals surface area contributed by atoms with Gasteiger partial charge in [-0.05, 0) is 24.3 Å². The van der Waals surface area contributed by atoms with Crippen molar-refractivity contribution in [3.05, 3.63) is 29.3 Å². The van der Waals surface area contributed by atoms with Crippen LogP contribution in [-0.4, -0.2) is 12.5 Å². The van der Waals surface area contributed by atoms with Crippen LogP contribution in [0.15, 0.2) is 29.3 Å². The van der Waals surface area contributed by atoms with Crippen LogP contribution in [0.1, 0.15) is 6.92 Å². The van der Waals surface area contributed by atoms with Crippen molar-refractivity contribution in [2.75, 3.05) is 0 Å². The van der Waals surface area contributed by atoms with E-state index in [0.717, 1.165) is 0 Å². The van der Waals surface area contributed by atoms with Crippen molar-refractivity contribution in [2.45, 2.75) is 13.5 Å². The zero-order valence-electron chi connectivity index (χ0n) is 7.38. The van der Waals surface area contributed by atoms with Gasteiger partial charge in [-0.25, -0.2) is 4.99 Å². The number of ether oxygens (including phenoxy) is 1. The molecule has 1 rings (SSSR count). The third kappa shape index (κ3) is 3.70. The highest BCUT2D eigenvalue weighted by Crippen LogP contribution is 2.16. The summed E-state index contributed by atoms with van der Waals surface area (Å²) in [6.07, 6.45) is 0. The van der Waals surface area contributed by atoms with Gasteiger partial charge in [0.05, 0.1) is 5.69 Å². The normalized spacial score (nSPS) is 11.9. The van der Waals surface area contributed by atoms with Gasteiger partial charge in [0.2, 0.25) is 0 Å². The van der Waals surface area contributed by atoms with Gasteiger partial charge < -0.3 is 4.74 Å². The van der Waals surface area contributed by atoms with Gasteiger partial charge in [-0.1, -0.05) is 11.6 Å². The minimum absolute atomic E-state index is 0.0812. The van der Waals surface area contributed by atoms with Crippen LogP contribution >= 0.6 is 11.6 Å². The second-order valence-corrected chi connectivity index (χ2v) is 2.92. The Labute approximate surface area is 85.2 Å². The van der Waals surface area contributed by atoms with Crippen molar-refractivity contribution in [3.8, 4) is 0 Å². The Balaban J connectivity index is 2.71. The molecule has 0 spiro atoms. The molecule has 0 aliphatic carbocycles. The monoisotopic (exact) mass is 219 g/mol. The average molecular weight is 220 g/mol. The van der Waals surface area contributed by atoms with E-state index in [1.807, 2.05) is 0 Å². The number of hydrogen-bond donors (Lipinski definition) is 0. The van der Waals surface area contributed by atoms with Crippen LogP contribution in [0.5, 0.6) is 0 Å². The second kappa shape index (κ2) is 4.91. The predicted octanol–water partition coefficient (Wildman–Crippen LogP) is 3.63. The van der Waals surface area contributed by atoms with Gasteiger partial charge >= 0.3 is 6.61 Å². The van der Waals surface area contributed by atoms with Gasteiger partial charge in [0.15, 0.2) is 5.90 Å². The summed E-state index contributed by atoms with van der Waals surface area (Å²) in [5, 5.41) is 0.566. The Morgan fingerprint density at radius 1 is 1.36 bits per heavy atom. The smallest absolute Gasteiger partial charge is 0.388 e. The van der Waals surface area contributed by atoms with E-state index in [0.29, 0.717) is 10.7 Å². The average Bonchev–Trinajstić information content (AvgIpc) is 2.07. The van der Waals surface area contributed by atoms with Crippen LogP contribution in [0.3, 0.4) is 0 Å². The molecule has 5 heteroatoms. The maximum absolute atomic E-state index is 11.7. The van der Waals surface area contributed by atoms with Crippen LogP contribution in [0.2, 0.25) is 5.02 Å². The number of aliphatic imine (C=N–C) groups is 1. The lowest BCUT2D eigenvalue weighted by molar-refractivity contribution is -0.0607. The van der Waals surface area contributed by atoms with E-state index in [9.17, 15) is 8.78 Å². The summed E-state index contributed by atoms with van der Waals surface area (Å²) in [6.45, 7) is -1.48. The van der Waals surface area contributed by atoms with Crippen LogP contribution in [0.25, 0.3) is 0 Å². The first-order valence-corrected chi connectivity index (χ1v) is 4.21. The summed E-state index contributed by atoms with van der Waals surface area (Å²) in [7, 11) is 0. The minimum Gasteiger partial charge on any atom is -0.421 e. The van der Waals surface area contributed by atoms with Gasteiger partial charge in [0.1, 0.15) is 0 Å². The van der Waals surface area contributed by atoms with Crippen molar-refractivity contribution in [2.24, 2.45) is 4.99 Å². The predicted molar refractivity (Wildman–Crippen MR) is 51.3 cm³/mol. The van der Waals surface area contributed by atoms with Gasteiger partial charge in [-0.15, -0.1) is 0 Å². The lowest BCUT2D eigenvalue weighted by Gasteiger charge is -2.02. The molecule has 0 N–H and O–H groups in total. The van der Waals surface area contributed by atoms with Gasteiger partial charge in [-0.3, -0.25) is 0 Å². The Morgan fingerprint density at radius 3 is 2.43 bits per heavy atom. The Bertz CT molecular complexity index is 324. The number of alkyl halides is 2. The molecular formula is C9H8ClF2NO. The fourth-order valence-electron chi connectivity index (χ4n) is 0.853. The molecule has 0 radical (unpaired) electrons. The SMILES string of the molecule is CC(=Nc1ccc(Cl)cc1)OC(F)F. The highest BCUT2D eigenvalue weighted by atomic mass is 35.5. The molecular weight excluding hydrogens is 212 g/mol. The molecule has 0 fully saturated rings. The van der Waals surface area contributed by atoms with Crippen molar-refractivity contribution in [3.63, 3.8) is 0 Å². The standard InChI is InChI=1S/C9H8ClF2NO/c1-6(14-9(11)12)13-8-4-2-7(10)3-5-8/h2-5,9H,1H3. The molecule has 0 aliphatic heterocycles. The van der Waals surface area contributed by atoms with E-state index >= 15 is 0 Å². The number of rotatable bonds is 2. The van der Waals surface area contributed by atoms with Crippen molar-refractivity contribution >= 4 is 23.2 Å². The Hall–Kier alpha value is -1.16. The molecule has 0 saturated heterocycles. The molecule has 76 valence electrons. The van der Waals surface area contributed by atoms with Crippen LogP contribution < -0.4 is 0 Å². The number of halogens is 3. The topological polar surface area (TPSA) is 21.6 Å². The quantitative estimate of drug-likeness (QED) is 0.550. The largest absolute Gasteiger partial charge is 0.421 e. The molecule has 0 amide bonds. The molecule has 0 aliphatic rings. The fraction of sp³-hybridized carbons (Fsp3) is 0.222. The molecule has 0 aromatic heterocycles. The molecule has 0 atom stereocenters. The fourth-order valence-corrected chi connectivity index (χ4v) is 0.979. The summed E-state index contributed by atoms with van der Waals surface area (Å²) < 4.78 is 27.5. The molecule has 0 saturated carbocycles. The Morgan fingerprint density at radius 2 is 1.93 bits per heavy atom. The molecule has 0 bridgehead atoms. The summed E-state index contributed by atoms with van der Waals surface area (Å²) >= 11 is 5.63. The van der Waals surface area contributed by atoms with E-state index in [1.165, 1.54) is 6.92 Å². The van der Waals surface area contributed by atoms with Crippen molar-refractivity contribution in [1.29, 1.82) is 0 Å². The number of benzene rings is 1. The zero-order chi connectivity index (χ0) is 10.6. The van der Waals surface area contributed by atoms with E-state index < -0.39 is 6.61 Å². The Kier molecular flexibility index (Phi) is 3.83. The molecule has 2 nitrogen and oxygen atoms in total. The van der Waals surface area contributed by atoms with E-state index in [1.54, 1.807) is 24.3 Å². The zero-order valence-corrected chi connectivity index (χ0v) is 8.13. The highest BCUT2D eigenvalue weighted by molar-refractivity contribution is 6.30. The maximum atomic E-state index is 11.7. The lowest BCUT2D eigenvalue weighted by atomic mass is 10.3. The first-order chi connectivity index (χ1) is 6.58. The molecule has 0 unspecified atom stereocenters. The van der Waals surface area contributed by atoms with Gasteiger partial charge in [0, 0.05) is 11.9 Å². The van der Waals surface area contributed by atoms with Gasteiger partial charge in [0.25, 0.3) is 0 Å². The number of nitrogens with zero attached hydrogens (tertiary/aromatic N) is 1. The second-order valence-electron chi connectivity index (χ2n) is 2.49. The molecule has 14 heavy (non-hydrogen) atoms. The third-order valence-corrected chi connectivity index (χ3v) is 1.62. The highest BCUT2D eigenvalue weighted by Gasteiger charge is 2.03. The van der Waals surface area contributed by atoms with E-state index in [4.69, 9.17) is 11.6 Å². The molecule has 1 aromatic carbocycles. The van der Waals surface area contributed by atoms with Crippen molar-refractivity contribution < 1.29 is 13.5 Å². The van der Waals surface area contributed by atoms with Crippen LogP contribution in [-0.2, 0) is 4.74 Å². The summed E-state index contributed by atoms with van der Waals surface area (Å²) in [6, 6.07) is 6.47. The molecule has 0 heterocycles. The van der Waals surface area contributed by atoms with E-state index in [-0.39, 0.29) is 5.90 Å². The number of hydrogen-bond acceptors (Lipinski definition) is 2. The third-order valence-electron chi connectivity index (χ3n) is 1.37. The molecule has 1 aromatic rings. The minimum atomic E-state index is -2.84. The first kappa shape index (κ1) is 10.9. The first-order valence-electron chi connectivity index (χ1n) is 3.83. The summed E-state index contributed by atoms with van der Waals surface area (Å²) in [5.74, 6) is -0.0812. The van der Waals surface area contributed by atoms with E-state index in [2.05, 4.69) is 9.73 Å². The van der Waals surface area contributed by atoms with Gasteiger partial charge in [-0.2, -0.15) is 8.78 Å². The summed E-state index contributed by atoms with van der Waals surface area (Å²) in [5.41, 5.74) is 0.521. The maximum Gasteiger partial charge on any atom is 0.388 e. The summed E-state index contributed by atoms with van der Waals surface area (Å²) in [4.78, 5) is 3.80. The van der Waals surface area contributed by atoms with Crippen LogP contribution in [0.4, 0.5) is 14.5 Å².